The van der Waals surface area contributed by atoms with Crippen molar-refractivity contribution in [1.29, 1.82) is 0 Å². The predicted octanol–water partition coefficient (Wildman–Crippen LogP) is 0.832. The van der Waals surface area contributed by atoms with Gasteiger partial charge in [-0.2, -0.15) is 12.6 Å². The molecule has 32 heteroatoms. The molecule has 2 aliphatic rings. The van der Waals surface area contributed by atoms with Gasteiger partial charge >= 0.3 is 5.97 Å². The molecule has 0 spiro atoms. The summed E-state index contributed by atoms with van der Waals surface area (Å²) in [6, 6.07) is -0.613. The van der Waals surface area contributed by atoms with Crippen LogP contribution < -0.4 is 49.5 Å². The Bertz CT molecular complexity index is 2840. The van der Waals surface area contributed by atoms with Crippen LogP contribution in [0.1, 0.15) is 150 Å². The van der Waals surface area contributed by atoms with Crippen molar-refractivity contribution in [1.82, 2.24) is 41.3 Å². The van der Waals surface area contributed by atoms with E-state index in [-0.39, 0.29) is 139 Å². The number of phenols is 1. The molecule has 31 nitrogen and oxygen atoms in total. The highest BCUT2D eigenvalue weighted by Crippen LogP contribution is 2.32. The average molecular weight is 1430 g/mol. The third-order valence-corrected chi connectivity index (χ3v) is 17.4. The van der Waals surface area contributed by atoms with Gasteiger partial charge in [-0.1, -0.05) is 46.8 Å². The maximum Gasteiger partial charge on any atom is 0.307 e. The highest BCUT2D eigenvalue weighted by atomic mass is 32.1. The fourth-order valence-corrected chi connectivity index (χ4v) is 12.0. The summed E-state index contributed by atoms with van der Waals surface area (Å²) < 4.78 is 21.9. The van der Waals surface area contributed by atoms with E-state index >= 15 is 0 Å². The van der Waals surface area contributed by atoms with Gasteiger partial charge in [-0.05, 0) is 118 Å². The number of ketones is 2. The normalized spacial score (nSPS) is 16.2. The van der Waals surface area contributed by atoms with Gasteiger partial charge in [0.2, 0.25) is 47.3 Å². The van der Waals surface area contributed by atoms with Gasteiger partial charge in [-0.15, -0.1) is 0 Å². The van der Waals surface area contributed by atoms with Crippen molar-refractivity contribution in [3.05, 3.63) is 29.8 Å². The van der Waals surface area contributed by atoms with E-state index in [0.717, 1.165) is 0 Å². The number of phenolic OH excluding ortho intramolecular Hbond substituents is 1. The molecule has 100 heavy (non-hydrogen) atoms. The molecular formula is C68H114N14O17S. The van der Waals surface area contributed by atoms with Crippen molar-refractivity contribution in [3.8, 4) is 5.75 Å². The Balaban J connectivity index is 1.67. The lowest BCUT2D eigenvalue weighted by Gasteiger charge is -2.36. The number of unbranched alkanes of at least 4 members (excludes halogenated alkanes) is 1. The summed E-state index contributed by atoms with van der Waals surface area (Å²) in [7, 11) is 1.45. The van der Waals surface area contributed by atoms with Crippen molar-refractivity contribution >= 4 is 89.3 Å². The van der Waals surface area contributed by atoms with E-state index in [4.69, 9.17) is 41.9 Å². The predicted molar refractivity (Wildman–Crippen MR) is 378 cm³/mol. The van der Waals surface area contributed by atoms with Crippen molar-refractivity contribution < 1.29 is 81.9 Å². The van der Waals surface area contributed by atoms with Crippen LogP contribution in [-0.4, -0.2) is 243 Å². The van der Waals surface area contributed by atoms with Gasteiger partial charge < -0.3 is 93.4 Å². The van der Waals surface area contributed by atoms with Gasteiger partial charge in [0.25, 0.3) is 0 Å². The second kappa shape index (κ2) is 46.7. The molecular weight excluding hydrogens is 1320 g/mol. The van der Waals surface area contributed by atoms with Crippen molar-refractivity contribution in [2.24, 2.45) is 56.1 Å². The summed E-state index contributed by atoms with van der Waals surface area (Å²) >= 11 is 4.02. The second-order valence-corrected chi connectivity index (χ2v) is 27.2. The van der Waals surface area contributed by atoms with E-state index < -0.39 is 119 Å². The number of likely N-dealkylation sites (N-methyl/N-ethyl adjacent to an activating group) is 1. The lowest BCUT2D eigenvalue weighted by Crippen LogP contribution is -2.58. The molecule has 0 aromatic heterocycles. The van der Waals surface area contributed by atoms with Crippen LogP contribution in [0.5, 0.6) is 5.75 Å². The van der Waals surface area contributed by atoms with Gasteiger partial charge in [0.05, 0.1) is 70.9 Å². The number of nitrogens with one attached hydrogen (secondary N) is 5. The molecule has 8 atom stereocenters. The van der Waals surface area contributed by atoms with Crippen molar-refractivity contribution in [3.63, 3.8) is 0 Å². The number of ether oxygens (including phenoxy) is 4. The van der Waals surface area contributed by atoms with Crippen LogP contribution in [-0.2, 0) is 78.1 Å². The number of carbonyl (C=O) groups is 11. The van der Waals surface area contributed by atoms with Crippen LogP contribution in [0.15, 0.2) is 34.3 Å². The Labute approximate surface area is 593 Å². The highest BCUT2D eigenvalue weighted by Gasteiger charge is 2.45. The molecule has 0 saturated carbocycles. The van der Waals surface area contributed by atoms with Crippen molar-refractivity contribution in [2.75, 3.05) is 105 Å². The first kappa shape index (κ1) is 86.5. The molecule has 0 bridgehead atoms. The molecule has 2 fully saturated rings. The maximum atomic E-state index is 15.0. The summed E-state index contributed by atoms with van der Waals surface area (Å²) in [4.78, 5) is 163. The monoisotopic (exact) mass is 1430 g/mol. The average Bonchev–Trinajstić information content (AvgIpc) is 1.57. The van der Waals surface area contributed by atoms with E-state index in [1.807, 2.05) is 13.8 Å². The first-order valence-corrected chi connectivity index (χ1v) is 35.5. The number of hydrogen-bond acceptors (Lipinski definition) is 19. The number of amides is 8. The van der Waals surface area contributed by atoms with Crippen LogP contribution in [0.2, 0.25) is 0 Å². The highest BCUT2D eigenvalue weighted by molar-refractivity contribution is 7.80. The quantitative estimate of drug-likeness (QED) is 0.0186. The Hall–Kier alpha value is -7.68. The van der Waals surface area contributed by atoms with Gasteiger partial charge in [0, 0.05) is 84.8 Å². The summed E-state index contributed by atoms with van der Waals surface area (Å²) in [5.74, 6) is -8.21. The number of thiol groups is 1. The van der Waals surface area contributed by atoms with E-state index in [2.05, 4.69) is 49.2 Å². The summed E-state index contributed by atoms with van der Waals surface area (Å²) in [6.45, 7) is 14.2. The first-order valence-electron chi connectivity index (χ1n) is 34.8. The molecule has 0 radical (unpaired) electrons. The zero-order valence-electron chi connectivity index (χ0n) is 59.6. The lowest BCUT2D eigenvalue weighted by molar-refractivity contribution is -0.149. The van der Waals surface area contributed by atoms with Crippen LogP contribution in [0.25, 0.3) is 0 Å². The number of rotatable bonds is 50. The summed E-state index contributed by atoms with van der Waals surface area (Å²) in [5, 5.41) is 34.0. The fourth-order valence-electron chi connectivity index (χ4n) is 11.8. The Kier molecular flexibility index (Phi) is 40.4. The van der Waals surface area contributed by atoms with Crippen LogP contribution in [0, 0.1) is 23.2 Å². The molecule has 3 rings (SSSR count). The van der Waals surface area contributed by atoms with Gasteiger partial charge in [-0.3, -0.25) is 62.7 Å². The zero-order chi connectivity index (χ0) is 74.3. The number of carboxylic acids is 1. The number of aliphatic imine (C=N–C) groups is 2. The molecule has 0 aliphatic carbocycles. The number of likely N-dealkylation sites (tertiary alicyclic amines) is 2. The maximum absolute atomic E-state index is 15.0. The summed E-state index contributed by atoms with van der Waals surface area (Å²) in [6.07, 6.45) is 2.78. The third-order valence-electron chi connectivity index (χ3n) is 17.1. The molecule has 8 amide bonds. The van der Waals surface area contributed by atoms with E-state index in [1.165, 1.54) is 40.8 Å². The first-order chi connectivity index (χ1) is 47.4. The number of aliphatic carboxylic acids is 1. The minimum Gasteiger partial charge on any atom is -0.508 e. The number of hydrogen-bond donors (Lipinski definition) is 12. The molecule has 15 N–H and O–H groups in total. The minimum atomic E-state index is -1.25. The number of nitrogens with two attached hydrogens (primary N) is 4. The lowest BCUT2D eigenvalue weighted by atomic mass is 9.76. The largest absolute Gasteiger partial charge is 0.508 e. The molecule has 2 heterocycles. The number of nitrogens with zero attached hydrogens (tertiary/aromatic N) is 5. The number of Topliss-reactive ketones (excluding diaryl/α,β-unsaturated/α-hetero) is 2. The van der Waals surface area contributed by atoms with E-state index in [0.29, 0.717) is 96.2 Å². The smallest absolute Gasteiger partial charge is 0.307 e. The van der Waals surface area contributed by atoms with Gasteiger partial charge in [-0.25, -0.2) is 0 Å². The van der Waals surface area contributed by atoms with Crippen LogP contribution in [0.4, 0.5) is 0 Å². The van der Waals surface area contributed by atoms with Gasteiger partial charge in [0.1, 0.15) is 29.9 Å². The number of benzene rings is 1. The molecule has 2 aliphatic heterocycles. The van der Waals surface area contributed by atoms with E-state index in [1.54, 1.807) is 32.9 Å². The van der Waals surface area contributed by atoms with Gasteiger partial charge in [0.15, 0.2) is 23.5 Å². The standard InChI is InChI=1S/C68H114N14O17S/c1-44(2)40-52(79-61(90)54-17-12-29-81(54)62(91)51(77-45(3)83)14-8-9-25-73-58(87)23-31-96-33-35-98-37-38-99-36-34-97-32-28-74-59(88)24-39-100)63(92)82-30-13-18-55(82)64(93)80(7)53(16-11-27-76-67(71)72)57(86)43-49(68(4,5)6)60(89)78-50(15-10-26-75-66(69)70)56(85)42-47(65(94)95)41-46-19-21-48(84)22-20-46/h19-22,44,47,49-55,84,100H,8-18,23-43H2,1-7H3,(H,73,87)(H,74,88)(H,77,83)(H,78,89)(H,79,90)(H,94,95)(H4,69,70,75)(H4,71,72,76)/t47-,49-,50+,51+,52+,53+,54+,55+/m1/s1. The number of carboxylic acid groups (broad SMARTS) is 1. The van der Waals surface area contributed by atoms with Crippen molar-refractivity contribution in [2.45, 2.75) is 187 Å². The summed E-state index contributed by atoms with van der Waals surface area (Å²) in [5.41, 5.74) is 22.0. The minimum absolute atomic E-state index is 0.0193. The molecule has 2 saturated heterocycles. The Morgan fingerprint density at radius 1 is 0.650 bits per heavy atom. The topological polar surface area (TPSA) is 464 Å². The Morgan fingerprint density at radius 2 is 1.18 bits per heavy atom. The van der Waals surface area contributed by atoms with E-state index in [9.17, 15) is 63.0 Å². The SMILES string of the molecule is CC(=O)N[C@@H](CCCCNC(=O)CCOCCOCCOCCOCCNC(=O)CCS)C(=O)N1CCC[C@H]1C(=O)N[C@@H](CC(C)C)C(=O)N1CCC[C@H]1C(=O)N(C)[C@@H](CCCN=C(N)N)C(=O)C[C@H](C(=O)N[C@@H](CCCN=C(N)N)C(=O)C[C@@H](Cc1ccc(O)cc1)C(=O)O)C(C)(C)C. The fraction of sp³-hybridized carbons (Fsp3) is 0.721. The second-order valence-electron chi connectivity index (χ2n) is 26.8. The number of carbonyl (C=O) groups excluding carboxylic acids is 10. The Morgan fingerprint density at radius 3 is 1.74 bits per heavy atom. The molecule has 1 aromatic rings. The van der Waals surface area contributed by atoms with Crippen LogP contribution in [0.3, 0.4) is 0 Å². The molecule has 564 valence electrons. The number of guanidine groups is 2. The van der Waals surface area contributed by atoms with Crippen LogP contribution >= 0.6 is 12.6 Å². The molecule has 0 unspecified atom stereocenters. The third kappa shape index (κ3) is 33.2. The number of aromatic hydroxyl groups is 1. The zero-order valence-corrected chi connectivity index (χ0v) is 60.5. The molecule has 1 aromatic carbocycles.